The minimum absolute atomic E-state index is 0.550. The molecule has 2 atom stereocenters. The van der Waals surface area contributed by atoms with Gasteiger partial charge in [0.15, 0.2) is 0 Å². The van der Waals surface area contributed by atoms with E-state index in [2.05, 4.69) is 33.6 Å². The van der Waals surface area contributed by atoms with E-state index in [4.69, 9.17) is 5.26 Å². The van der Waals surface area contributed by atoms with Gasteiger partial charge in [0.2, 0.25) is 0 Å². The van der Waals surface area contributed by atoms with Crippen LogP contribution in [-0.2, 0) is 0 Å². The molecule has 4 heteroatoms. The largest absolute Gasteiger partial charge is 0.380 e. The number of nitriles is 1. The van der Waals surface area contributed by atoms with E-state index in [0.29, 0.717) is 16.9 Å². The summed E-state index contributed by atoms with van der Waals surface area (Å²) in [6.07, 6.45) is 6.01. The molecule has 1 saturated carbocycles. The maximum absolute atomic E-state index is 8.82. The molecule has 1 fully saturated rings. The number of benzene rings is 1. The molecular weight excluding hydrogens is 296 g/mol. The van der Waals surface area contributed by atoms with Gasteiger partial charge in [-0.25, -0.2) is 0 Å². The first kappa shape index (κ1) is 12.8. The topological polar surface area (TPSA) is 35.8 Å². The molecule has 2 unspecified atom stereocenters. The first-order valence-corrected chi connectivity index (χ1v) is 7.81. The van der Waals surface area contributed by atoms with Gasteiger partial charge in [0, 0.05) is 21.5 Å². The highest BCUT2D eigenvalue weighted by atomic mass is 79.9. The Labute approximate surface area is 115 Å². The molecule has 0 bridgehead atoms. The third-order valence-electron chi connectivity index (χ3n) is 3.19. The lowest BCUT2D eigenvalue weighted by molar-refractivity contribution is 0.768. The summed E-state index contributed by atoms with van der Waals surface area (Å²) in [6.45, 7) is 0. The molecule has 0 saturated heterocycles. The molecule has 0 radical (unpaired) electrons. The predicted octanol–water partition coefficient (Wildman–Crippen LogP) is 4.02. The number of nitrogens with zero attached hydrogens (tertiary/aromatic N) is 1. The van der Waals surface area contributed by atoms with Crippen molar-refractivity contribution in [2.75, 3.05) is 11.6 Å². The molecule has 2 rings (SSSR count). The number of hydrogen-bond acceptors (Lipinski definition) is 3. The van der Waals surface area contributed by atoms with E-state index in [-0.39, 0.29) is 0 Å². The summed E-state index contributed by atoms with van der Waals surface area (Å²) in [7, 11) is 0. The maximum atomic E-state index is 8.82. The van der Waals surface area contributed by atoms with Gasteiger partial charge in [0.1, 0.15) is 0 Å². The molecule has 0 aromatic heterocycles. The molecule has 1 aromatic rings. The lowest BCUT2D eigenvalue weighted by atomic mass is 10.2. The third kappa shape index (κ3) is 2.97. The third-order valence-corrected chi connectivity index (χ3v) is 5.02. The monoisotopic (exact) mass is 310 g/mol. The Morgan fingerprint density at radius 1 is 1.47 bits per heavy atom. The van der Waals surface area contributed by atoms with Gasteiger partial charge in [-0.3, -0.25) is 0 Å². The van der Waals surface area contributed by atoms with Crippen LogP contribution < -0.4 is 5.32 Å². The highest BCUT2D eigenvalue weighted by Gasteiger charge is 2.26. The van der Waals surface area contributed by atoms with Gasteiger partial charge < -0.3 is 5.32 Å². The average molecular weight is 311 g/mol. The minimum atomic E-state index is 0.550. The van der Waals surface area contributed by atoms with Crippen LogP contribution in [0.4, 0.5) is 5.69 Å². The van der Waals surface area contributed by atoms with E-state index >= 15 is 0 Å². The van der Waals surface area contributed by atoms with Gasteiger partial charge in [0.05, 0.1) is 11.6 Å². The van der Waals surface area contributed by atoms with Crippen molar-refractivity contribution in [2.24, 2.45) is 0 Å². The quantitative estimate of drug-likeness (QED) is 0.916. The lowest BCUT2D eigenvalue weighted by Crippen LogP contribution is -2.25. The molecule has 1 N–H and O–H groups in total. The number of hydrogen-bond donors (Lipinski definition) is 1. The number of thioether (sulfide) groups is 1. The van der Waals surface area contributed by atoms with Crippen molar-refractivity contribution >= 4 is 33.4 Å². The van der Waals surface area contributed by atoms with Crippen LogP contribution in [0.25, 0.3) is 0 Å². The number of rotatable bonds is 3. The Morgan fingerprint density at radius 3 is 2.94 bits per heavy atom. The van der Waals surface area contributed by atoms with Crippen LogP contribution in [0.5, 0.6) is 0 Å². The van der Waals surface area contributed by atoms with Gasteiger partial charge in [-0.1, -0.05) is 6.42 Å². The Hall–Kier alpha value is -0.660. The van der Waals surface area contributed by atoms with Crippen LogP contribution in [0.2, 0.25) is 0 Å². The summed E-state index contributed by atoms with van der Waals surface area (Å²) in [4.78, 5) is 0. The fourth-order valence-electron chi connectivity index (χ4n) is 2.27. The maximum Gasteiger partial charge on any atom is 0.0992 e. The standard InChI is InChI=1S/C13H15BrN2S/c1-17-13-4-2-3-12(13)16-11-6-5-9(8-15)7-10(11)14/h5-7,12-13,16H,2-4H2,1H3. The lowest BCUT2D eigenvalue weighted by Gasteiger charge is -2.21. The Kier molecular flexibility index (Phi) is 4.36. The normalized spacial score (nSPS) is 23.4. The van der Waals surface area contributed by atoms with Crippen LogP contribution in [0.15, 0.2) is 22.7 Å². The van der Waals surface area contributed by atoms with Gasteiger partial charge in [-0.15, -0.1) is 0 Å². The van der Waals surface area contributed by atoms with E-state index in [1.807, 2.05) is 30.0 Å². The van der Waals surface area contributed by atoms with Crippen molar-refractivity contribution in [3.63, 3.8) is 0 Å². The van der Waals surface area contributed by atoms with Crippen molar-refractivity contribution in [1.29, 1.82) is 5.26 Å². The molecule has 90 valence electrons. The molecule has 0 spiro atoms. The summed E-state index contributed by atoms with van der Waals surface area (Å²) in [5.74, 6) is 0. The Morgan fingerprint density at radius 2 is 2.29 bits per heavy atom. The molecule has 0 aliphatic heterocycles. The van der Waals surface area contributed by atoms with Crippen LogP contribution >= 0.6 is 27.7 Å². The van der Waals surface area contributed by atoms with Crippen LogP contribution in [-0.4, -0.2) is 17.5 Å². The predicted molar refractivity (Wildman–Crippen MR) is 77.4 cm³/mol. The van der Waals surface area contributed by atoms with Crippen molar-refractivity contribution in [2.45, 2.75) is 30.6 Å². The summed E-state index contributed by atoms with van der Waals surface area (Å²) in [5.41, 5.74) is 1.78. The molecule has 1 aliphatic carbocycles. The second-order valence-electron chi connectivity index (χ2n) is 4.26. The smallest absolute Gasteiger partial charge is 0.0992 e. The van der Waals surface area contributed by atoms with Crippen molar-refractivity contribution in [3.8, 4) is 6.07 Å². The van der Waals surface area contributed by atoms with E-state index in [1.54, 1.807) is 0 Å². The first-order valence-electron chi connectivity index (χ1n) is 5.73. The second-order valence-corrected chi connectivity index (χ2v) is 6.19. The minimum Gasteiger partial charge on any atom is -0.380 e. The van der Waals surface area contributed by atoms with Gasteiger partial charge in [-0.05, 0) is 53.2 Å². The summed E-state index contributed by atoms with van der Waals surface area (Å²) in [5, 5.41) is 13.1. The molecule has 0 heterocycles. The van der Waals surface area contributed by atoms with E-state index in [1.165, 1.54) is 19.3 Å². The Balaban J connectivity index is 2.11. The number of anilines is 1. The van der Waals surface area contributed by atoms with E-state index in [0.717, 1.165) is 10.2 Å². The molecule has 2 nitrogen and oxygen atoms in total. The highest BCUT2D eigenvalue weighted by molar-refractivity contribution is 9.10. The van der Waals surface area contributed by atoms with Crippen LogP contribution in [0.1, 0.15) is 24.8 Å². The van der Waals surface area contributed by atoms with Crippen molar-refractivity contribution in [1.82, 2.24) is 0 Å². The van der Waals surface area contributed by atoms with Crippen molar-refractivity contribution < 1.29 is 0 Å². The van der Waals surface area contributed by atoms with Crippen molar-refractivity contribution in [3.05, 3.63) is 28.2 Å². The summed E-state index contributed by atoms with van der Waals surface area (Å²) in [6, 6.07) is 8.41. The van der Waals surface area contributed by atoms with Gasteiger partial charge in [-0.2, -0.15) is 17.0 Å². The summed E-state index contributed by atoms with van der Waals surface area (Å²) < 4.78 is 0.975. The van der Waals surface area contributed by atoms with Gasteiger partial charge >= 0.3 is 0 Å². The molecule has 0 amide bonds. The zero-order valence-electron chi connectivity index (χ0n) is 9.74. The molecule has 1 aliphatic rings. The Bertz CT molecular complexity index is 442. The fourth-order valence-corrected chi connectivity index (χ4v) is 3.70. The van der Waals surface area contributed by atoms with Crippen LogP contribution in [0.3, 0.4) is 0 Å². The molecule has 1 aromatic carbocycles. The SMILES string of the molecule is CSC1CCCC1Nc1ccc(C#N)cc1Br. The average Bonchev–Trinajstić information content (AvgIpc) is 2.79. The zero-order valence-corrected chi connectivity index (χ0v) is 12.1. The van der Waals surface area contributed by atoms with E-state index in [9.17, 15) is 0 Å². The zero-order chi connectivity index (χ0) is 12.3. The number of halogens is 1. The fraction of sp³-hybridized carbons (Fsp3) is 0.462. The second kappa shape index (κ2) is 5.79. The highest BCUT2D eigenvalue weighted by Crippen LogP contribution is 2.33. The van der Waals surface area contributed by atoms with E-state index < -0.39 is 0 Å². The molecule has 17 heavy (non-hydrogen) atoms. The number of nitrogens with one attached hydrogen (secondary N) is 1. The molecular formula is C13H15BrN2S. The van der Waals surface area contributed by atoms with Gasteiger partial charge in [0.25, 0.3) is 0 Å². The summed E-state index contributed by atoms with van der Waals surface area (Å²) >= 11 is 5.46. The van der Waals surface area contributed by atoms with Crippen LogP contribution in [0, 0.1) is 11.3 Å². The first-order chi connectivity index (χ1) is 8.24.